The van der Waals surface area contributed by atoms with Gasteiger partial charge in [0.2, 0.25) is 0 Å². The number of hydrogen-bond acceptors (Lipinski definition) is 3. The molecule has 16 heavy (non-hydrogen) atoms. The van der Waals surface area contributed by atoms with Gasteiger partial charge in [0.05, 0.1) is 12.8 Å². The molecule has 0 fully saturated rings. The van der Waals surface area contributed by atoms with Crippen LogP contribution in [0, 0.1) is 0 Å². The first-order valence-electron chi connectivity index (χ1n) is 4.76. The summed E-state index contributed by atoms with van der Waals surface area (Å²) in [5.41, 5.74) is 0.614. The highest BCUT2D eigenvalue weighted by Gasteiger charge is 2.19. The summed E-state index contributed by atoms with van der Waals surface area (Å²) in [5, 5.41) is 9.24. The number of rotatable bonds is 3. The van der Waals surface area contributed by atoms with Crippen molar-refractivity contribution in [1.29, 1.82) is 0 Å². The largest absolute Gasteiger partial charge is 0.495 e. The third-order valence-electron chi connectivity index (χ3n) is 2.19. The Morgan fingerprint density at radius 3 is 2.69 bits per heavy atom. The van der Waals surface area contributed by atoms with Gasteiger partial charge in [-0.25, -0.2) is 0 Å². The summed E-state index contributed by atoms with van der Waals surface area (Å²) < 4.78 is 6.00. The summed E-state index contributed by atoms with van der Waals surface area (Å²) in [6.45, 7) is 1.43. The van der Waals surface area contributed by atoms with Crippen LogP contribution in [-0.4, -0.2) is 31.3 Å². The first kappa shape index (κ1) is 13.0. The highest BCUT2D eigenvalue weighted by molar-refractivity contribution is 9.10. The van der Waals surface area contributed by atoms with Gasteiger partial charge in [-0.05, 0) is 25.1 Å². The molecule has 1 atom stereocenters. The smallest absolute Gasteiger partial charge is 0.255 e. The molecule has 0 heterocycles. The monoisotopic (exact) mass is 287 g/mol. The summed E-state index contributed by atoms with van der Waals surface area (Å²) in [4.78, 5) is 13.0. The molecule has 0 aliphatic carbocycles. The lowest BCUT2D eigenvalue weighted by Gasteiger charge is -2.21. The average molecular weight is 288 g/mol. The van der Waals surface area contributed by atoms with Crippen LogP contribution in [0.4, 0.5) is 5.69 Å². The topological polar surface area (TPSA) is 49.8 Å². The lowest BCUT2D eigenvalue weighted by atomic mass is 10.2. The molecular formula is C11H14BrNO3. The number of hydrogen-bond donors (Lipinski definition) is 1. The van der Waals surface area contributed by atoms with Gasteiger partial charge in [-0.3, -0.25) is 4.79 Å². The van der Waals surface area contributed by atoms with Gasteiger partial charge in [0, 0.05) is 11.5 Å². The molecule has 1 N–H and O–H groups in total. The van der Waals surface area contributed by atoms with Crippen LogP contribution < -0.4 is 9.64 Å². The molecule has 1 unspecified atom stereocenters. The zero-order valence-corrected chi connectivity index (χ0v) is 11.0. The quantitative estimate of drug-likeness (QED) is 0.922. The minimum absolute atomic E-state index is 0.378. The summed E-state index contributed by atoms with van der Waals surface area (Å²) >= 11 is 3.32. The minimum Gasteiger partial charge on any atom is -0.495 e. The van der Waals surface area contributed by atoms with Crippen molar-refractivity contribution in [3.05, 3.63) is 22.7 Å². The van der Waals surface area contributed by atoms with E-state index in [9.17, 15) is 9.90 Å². The minimum atomic E-state index is -1.03. The molecule has 1 aromatic carbocycles. The Balaban J connectivity index is 3.11. The summed E-state index contributed by atoms with van der Waals surface area (Å²) in [5.74, 6) is 0.205. The number of aliphatic hydroxyl groups excluding tert-OH is 1. The third-order valence-corrected chi connectivity index (χ3v) is 2.68. The van der Waals surface area contributed by atoms with Gasteiger partial charge in [-0.2, -0.15) is 0 Å². The van der Waals surface area contributed by atoms with Gasteiger partial charge in [-0.1, -0.05) is 15.9 Å². The predicted octanol–water partition coefficient (Wildman–Crippen LogP) is 1.80. The molecule has 0 aromatic heterocycles. The lowest BCUT2D eigenvalue weighted by Crippen LogP contribution is -2.34. The molecule has 0 spiro atoms. The second-order valence-electron chi connectivity index (χ2n) is 3.39. The molecule has 0 aliphatic heterocycles. The molecule has 0 radical (unpaired) electrons. The number of nitrogens with zero attached hydrogens (tertiary/aromatic N) is 1. The van der Waals surface area contributed by atoms with Crippen molar-refractivity contribution in [1.82, 2.24) is 0 Å². The van der Waals surface area contributed by atoms with Gasteiger partial charge in [0.25, 0.3) is 5.91 Å². The number of anilines is 1. The Kier molecular flexibility index (Phi) is 4.32. The molecule has 5 heteroatoms. The van der Waals surface area contributed by atoms with E-state index in [4.69, 9.17) is 4.74 Å². The highest BCUT2D eigenvalue weighted by atomic mass is 79.9. The number of amides is 1. The Hall–Kier alpha value is -1.07. The Bertz CT molecular complexity index is 393. The second-order valence-corrected chi connectivity index (χ2v) is 4.31. The number of carbonyl (C=O) groups is 1. The van der Waals surface area contributed by atoms with E-state index in [1.807, 2.05) is 6.07 Å². The van der Waals surface area contributed by atoms with Crippen molar-refractivity contribution in [3.8, 4) is 5.75 Å². The normalized spacial score (nSPS) is 12.1. The highest BCUT2D eigenvalue weighted by Crippen LogP contribution is 2.30. The zero-order valence-electron chi connectivity index (χ0n) is 9.40. The maximum atomic E-state index is 11.6. The predicted molar refractivity (Wildman–Crippen MR) is 65.8 cm³/mol. The van der Waals surface area contributed by atoms with Crippen LogP contribution >= 0.6 is 15.9 Å². The third kappa shape index (κ3) is 2.74. The van der Waals surface area contributed by atoms with Crippen molar-refractivity contribution in [3.63, 3.8) is 0 Å². The first-order chi connectivity index (χ1) is 7.47. The molecule has 0 bridgehead atoms. The Labute approximate surface area is 103 Å². The van der Waals surface area contributed by atoms with Gasteiger partial charge >= 0.3 is 0 Å². The molecular weight excluding hydrogens is 274 g/mol. The first-order valence-corrected chi connectivity index (χ1v) is 5.56. The van der Waals surface area contributed by atoms with Gasteiger partial charge in [0.1, 0.15) is 11.9 Å². The molecule has 1 amide bonds. The lowest BCUT2D eigenvalue weighted by molar-refractivity contribution is -0.125. The van der Waals surface area contributed by atoms with Crippen LogP contribution in [0.1, 0.15) is 6.92 Å². The van der Waals surface area contributed by atoms with Crippen molar-refractivity contribution in [2.45, 2.75) is 13.0 Å². The van der Waals surface area contributed by atoms with Crippen molar-refractivity contribution >= 4 is 27.5 Å². The SMILES string of the molecule is COc1ccc(Br)cc1N(C)C(=O)C(C)O. The molecule has 4 nitrogen and oxygen atoms in total. The number of ether oxygens (including phenoxy) is 1. The second kappa shape index (κ2) is 5.32. The van der Waals surface area contributed by atoms with Gasteiger partial charge in [-0.15, -0.1) is 0 Å². The van der Waals surface area contributed by atoms with Gasteiger partial charge < -0.3 is 14.7 Å². The van der Waals surface area contributed by atoms with Crippen molar-refractivity contribution in [2.24, 2.45) is 0 Å². The van der Waals surface area contributed by atoms with E-state index in [0.29, 0.717) is 11.4 Å². The van der Waals surface area contributed by atoms with Crippen LogP contribution in [-0.2, 0) is 4.79 Å². The fraction of sp³-hybridized carbons (Fsp3) is 0.364. The van der Waals surface area contributed by atoms with E-state index in [1.54, 1.807) is 19.2 Å². The van der Waals surface area contributed by atoms with E-state index < -0.39 is 6.10 Å². The molecule has 1 rings (SSSR count). The van der Waals surface area contributed by atoms with Gasteiger partial charge in [0.15, 0.2) is 0 Å². The summed E-state index contributed by atoms with van der Waals surface area (Å²) in [6, 6.07) is 5.34. The van der Waals surface area contributed by atoms with Crippen molar-refractivity contribution < 1.29 is 14.6 Å². The standard InChI is InChI=1S/C11H14BrNO3/c1-7(14)11(15)13(2)9-6-8(12)4-5-10(9)16-3/h4-7,14H,1-3H3. The van der Waals surface area contributed by atoms with E-state index in [1.165, 1.54) is 18.9 Å². The fourth-order valence-corrected chi connectivity index (χ4v) is 1.67. The van der Waals surface area contributed by atoms with E-state index >= 15 is 0 Å². The Morgan fingerprint density at radius 2 is 2.19 bits per heavy atom. The van der Waals surface area contributed by atoms with E-state index in [2.05, 4.69) is 15.9 Å². The number of halogens is 1. The Morgan fingerprint density at radius 1 is 1.56 bits per heavy atom. The number of likely N-dealkylation sites (N-methyl/N-ethyl adjacent to an activating group) is 1. The summed E-state index contributed by atoms with van der Waals surface area (Å²) in [6.07, 6.45) is -1.03. The molecule has 0 aliphatic rings. The van der Waals surface area contributed by atoms with Crippen molar-refractivity contribution in [2.75, 3.05) is 19.1 Å². The molecule has 88 valence electrons. The number of carbonyl (C=O) groups excluding carboxylic acids is 1. The maximum absolute atomic E-state index is 11.6. The maximum Gasteiger partial charge on any atom is 0.255 e. The van der Waals surface area contributed by atoms with Crippen LogP contribution in [0.15, 0.2) is 22.7 Å². The number of aliphatic hydroxyl groups is 1. The molecule has 1 aromatic rings. The van der Waals surface area contributed by atoms with Crippen LogP contribution in [0.25, 0.3) is 0 Å². The van der Waals surface area contributed by atoms with E-state index in [0.717, 1.165) is 4.47 Å². The number of benzene rings is 1. The molecule has 0 saturated carbocycles. The van der Waals surface area contributed by atoms with E-state index in [-0.39, 0.29) is 5.91 Å². The van der Waals surface area contributed by atoms with Crippen LogP contribution in [0.2, 0.25) is 0 Å². The molecule has 0 saturated heterocycles. The number of methoxy groups -OCH3 is 1. The van der Waals surface area contributed by atoms with Crippen LogP contribution in [0.5, 0.6) is 5.75 Å². The van der Waals surface area contributed by atoms with Crippen LogP contribution in [0.3, 0.4) is 0 Å². The average Bonchev–Trinajstić information content (AvgIpc) is 2.26. The summed E-state index contributed by atoms with van der Waals surface area (Å²) in [7, 11) is 3.13. The zero-order chi connectivity index (χ0) is 12.3. The fourth-order valence-electron chi connectivity index (χ4n) is 1.32.